The quantitative estimate of drug-likeness (QED) is 0.883. The lowest BCUT2D eigenvalue weighted by Crippen LogP contribution is -2.15. The third-order valence-corrected chi connectivity index (χ3v) is 2.96. The highest BCUT2D eigenvalue weighted by atomic mass is 19.1. The number of halogens is 2. The molecule has 0 saturated heterocycles. The van der Waals surface area contributed by atoms with Crippen molar-refractivity contribution in [2.24, 2.45) is 0 Å². The summed E-state index contributed by atoms with van der Waals surface area (Å²) in [6, 6.07) is 8.95. The molecule has 0 radical (unpaired) electrons. The Bertz CT molecular complexity index is 829. The van der Waals surface area contributed by atoms with E-state index in [1.165, 1.54) is 24.3 Å². The summed E-state index contributed by atoms with van der Waals surface area (Å²) in [6.07, 6.45) is 0. The van der Waals surface area contributed by atoms with Gasteiger partial charge >= 0.3 is 5.97 Å². The van der Waals surface area contributed by atoms with Gasteiger partial charge in [-0.25, -0.2) is 13.6 Å². The third-order valence-electron chi connectivity index (χ3n) is 2.96. The van der Waals surface area contributed by atoms with Crippen LogP contribution in [0.5, 0.6) is 0 Å². The van der Waals surface area contributed by atoms with Crippen molar-refractivity contribution in [3.05, 3.63) is 64.7 Å². The number of nitrogens with zero attached hydrogens (tertiary/aromatic N) is 1. The van der Waals surface area contributed by atoms with E-state index in [1.54, 1.807) is 0 Å². The Balaban J connectivity index is 2.34. The van der Waals surface area contributed by atoms with Gasteiger partial charge in [-0.05, 0) is 24.3 Å². The van der Waals surface area contributed by atoms with Gasteiger partial charge in [-0.1, -0.05) is 6.07 Å². The lowest BCUT2D eigenvalue weighted by molar-refractivity contribution is 0.0595. The van der Waals surface area contributed by atoms with Gasteiger partial charge in [-0.3, -0.25) is 4.79 Å². The van der Waals surface area contributed by atoms with Crippen LogP contribution >= 0.6 is 0 Å². The molecule has 1 amide bonds. The van der Waals surface area contributed by atoms with Gasteiger partial charge in [0.25, 0.3) is 5.91 Å². The molecule has 23 heavy (non-hydrogen) atoms. The molecule has 7 heteroatoms. The standard InChI is InChI=1S/C16H10F2N2O3/c1-23-16(22)11-6-14(13(18)7-12(11)17)20-15(21)10-4-2-3-9(5-10)8-19/h2-7H,1H3,(H,20,21). The van der Waals surface area contributed by atoms with Crippen molar-refractivity contribution in [1.82, 2.24) is 0 Å². The van der Waals surface area contributed by atoms with Gasteiger partial charge in [-0.15, -0.1) is 0 Å². The van der Waals surface area contributed by atoms with E-state index >= 15 is 0 Å². The van der Waals surface area contributed by atoms with Crippen molar-refractivity contribution < 1.29 is 23.1 Å². The van der Waals surface area contributed by atoms with Crippen LogP contribution in [0.1, 0.15) is 26.3 Å². The number of carbonyl (C=O) groups is 2. The number of nitrogens with one attached hydrogen (secondary N) is 1. The van der Waals surface area contributed by atoms with Crippen molar-refractivity contribution >= 4 is 17.6 Å². The van der Waals surface area contributed by atoms with Crippen LogP contribution in [0.25, 0.3) is 0 Å². The topological polar surface area (TPSA) is 79.2 Å². The summed E-state index contributed by atoms with van der Waals surface area (Å²) in [5.41, 5.74) is -0.506. The van der Waals surface area contributed by atoms with Crippen molar-refractivity contribution in [3.8, 4) is 6.07 Å². The molecular weight excluding hydrogens is 306 g/mol. The minimum atomic E-state index is -1.10. The van der Waals surface area contributed by atoms with Crippen molar-refractivity contribution in [2.45, 2.75) is 0 Å². The van der Waals surface area contributed by atoms with E-state index < -0.39 is 29.1 Å². The number of hydrogen-bond donors (Lipinski definition) is 1. The predicted octanol–water partition coefficient (Wildman–Crippen LogP) is 2.88. The van der Waals surface area contributed by atoms with Crippen LogP contribution in [-0.4, -0.2) is 19.0 Å². The second-order valence-electron chi connectivity index (χ2n) is 4.45. The zero-order valence-electron chi connectivity index (χ0n) is 11.9. The molecule has 0 aliphatic rings. The molecule has 2 aromatic rings. The fourth-order valence-corrected chi connectivity index (χ4v) is 1.84. The number of amides is 1. The van der Waals surface area contributed by atoms with Crippen LogP contribution < -0.4 is 5.32 Å². The van der Waals surface area contributed by atoms with Gasteiger partial charge in [0, 0.05) is 11.6 Å². The fraction of sp³-hybridized carbons (Fsp3) is 0.0625. The molecule has 0 fully saturated rings. The smallest absolute Gasteiger partial charge is 0.340 e. The zero-order chi connectivity index (χ0) is 17.0. The monoisotopic (exact) mass is 316 g/mol. The van der Waals surface area contributed by atoms with Crippen LogP contribution in [0.15, 0.2) is 36.4 Å². The van der Waals surface area contributed by atoms with Gasteiger partial charge < -0.3 is 10.1 Å². The first-order valence-corrected chi connectivity index (χ1v) is 6.35. The first kappa shape index (κ1) is 16.1. The normalized spacial score (nSPS) is 9.83. The van der Waals surface area contributed by atoms with Crippen LogP contribution in [0, 0.1) is 23.0 Å². The number of hydrogen-bond acceptors (Lipinski definition) is 4. The third kappa shape index (κ3) is 3.49. The van der Waals surface area contributed by atoms with E-state index in [0.29, 0.717) is 6.07 Å². The van der Waals surface area contributed by atoms with Gasteiger partial charge in [0.05, 0.1) is 30.0 Å². The number of methoxy groups -OCH3 is 1. The molecule has 116 valence electrons. The summed E-state index contributed by atoms with van der Waals surface area (Å²) >= 11 is 0. The summed E-state index contributed by atoms with van der Waals surface area (Å²) < 4.78 is 31.7. The maximum atomic E-state index is 13.8. The molecule has 0 aromatic heterocycles. The summed E-state index contributed by atoms with van der Waals surface area (Å²) in [5.74, 6) is -3.84. The Morgan fingerprint density at radius 2 is 1.91 bits per heavy atom. The van der Waals surface area contributed by atoms with Crippen molar-refractivity contribution in [1.29, 1.82) is 5.26 Å². The van der Waals surface area contributed by atoms with Crippen LogP contribution in [0.4, 0.5) is 14.5 Å². The summed E-state index contributed by atoms with van der Waals surface area (Å²) in [4.78, 5) is 23.5. The largest absolute Gasteiger partial charge is 0.465 e. The Hall–Kier alpha value is -3.27. The molecule has 0 heterocycles. The van der Waals surface area contributed by atoms with Gasteiger partial charge in [0.2, 0.25) is 0 Å². The number of esters is 1. The average Bonchev–Trinajstić information content (AvgIpc) is 2.56. The Morgan fingerprint density at radius 3 is 2.57 bits per heavy atom. The van der Waals surface area contributed by atoms with Gasteiger partial charge in [-0.2, -0.15) is 5.26 Å². The minimum Gasteiger partial charge on any atom is -0.465 e. The molecule has 0 spiro atoms. The van der Waals surface area contributed by atoms with Crippen molar-refractivity contribution in [2.75, 3.05) is 12.4 Å². The Morgan fingerprint density at radius 1 is 1.17 bits per heavy atom. The minimum absolute atomic E-state index is 0.118. The maximum Gasteiger partial charge on any atom is 0.340 e. The summed E-state index contributed by atoms with van der Waals surface area (Å²) in [7, 11) is 1.05. The van der Waals surface area contributed by atoms with Crippen LogP contribution in [0.3, 0.4) is 0 Å². The second-order valence-corrected chi connectivity index (χ2v) is 4.45. The molecule has 0 aliphatic carbocycles. The number of anilines is 1. The zero-order valence-corrected chi connectivity index (χ0v) is 11.9. The van der Waals surface area contributed by atoms with E-state index in [-0.39, 0.29) is 16.8 Å². The highest BCUT2D eigenvalue weighted by molar-refractivity contribution is 6.05. The van der Waals surface area contributed by atoms with E-state index in [9.17, 15) is 18.4 Å². The van der Waals surface area contributed by atoms with E-state index in [0.717, 1.165) is 13.2 Å². The lowest BCUT2D eigenvalue weighted by atomic mass is 10.1. The van der Waals surface area contributed by atoms with Gasteiger partial charge in [0.1, 0.15) is 11.6 Å². The van der Waals surface area contributed by atoms with Crippen LogP contribution in [-0.2, 0) is 4.74 Å². The van der Waals surface area contributed by atoms with E-state index in [4.69, 9.17) is 5.26 Å². The summed E-state index contributed by atoms with van der Waals surface area (Å²) in [5, 5.41) is 11.0. The highest BCUT2D eigenvalue weighted by Gasteiger charge is 2.18. The number of carbonyl (C=O) groups excluding carboxylic acids is 2. The molecular formula is C16H10F2N2O3. The summed E-state index contributed by atoms with van der Waals surface area (Å²) in [6.45, 7) is 0. The maximum absolute atomic E-state index is 13.8. The number of ether oxygens (including phenoxy) is 1. The Kier molecular flexibility index (Phi) is 4.66. The molecule has 0 unspecified atom stereocenters. The molecule has 2 aromatic carbocycles. The number of benzene rings is 2. The first-order chi connectivity index (χ1) is 11.0. The van der Waals surface area contributed by atoms with E-state index in [1.807, 2.05) is 6.07 Å². The fourth-order valence-electron chi connectivity index (χ4n) is 1.84. The Labute approximate surface area is 130 Å². The van der Waals surface area contributed by atoms with Crippen LogP contribution in [0.2, 0.25) is 0 Å². The molecule has 0 atom stereocenters. The number of nitriles is 1. The second kappa shape index (κ2) is 6.66. The number of rotatable bonds is 3. The predicted molar refractivity (Wildman–Crippen MR) is 76.8 cm³/mol. The lowest BCUT2D eigenvalue weighted by Gasteiger charge is -2.09. The molecule has 2 rings (SSSR count). The SMILES string of the molecule is COC(=O)c1cc(NC(=O)c2cccc(C#N)c2)c(F)cc1F. The molecule has 0 aliphatic heterocycles. The average molecular weight is 316 g/mol. The molecule has 0 bridgehead atoms. The van der Waals surface area contributed by atoms with Gasteiger partial charge in [0.15, 0.2) is 0 Å². The first-order valence-electron chi connectivity index (χ1n) is 6.35. The highest BCUT2D eigenvalue weighted by Crippen LogP contribution is 2.21. The molecule has 1 N–H and O–H groups in total. The molecule has 0 saturated carbocycles. The van der Waals surface area contributed by atoms with E-state index in [2.05, 4.69) is 10.1 Å². The van der Waals surface area contributed by atoms with Crippen molar-refractivity contribution in [3.63, 3.8) is 0 Å². The molecule has 5 nitrogen and oxygen atoms in total.